The van der Waals surface area contributed by atoms with Crippen LogP contribution in [0.2, 0.25) is 0 Å². The van der Waals surface area contributed by atoms with Gasteiger partial charge >= 0.3 is 0 Å². The molecule has 5 nitrogen and oxygen atoms in total. The number of nitrogens with one attached hydrogen (secondary N) is 1. The first kappa shape index (κ1) is 17.9. The molecule has 2 heterocycles. The quantitative estimate of drug-likeness (QED) is 0.911. The van der Waals surface area contributed by atoms with Gasteiger partial charge in [0.15, 0.2) is 0 Å². The Hall–Kier alpha value is -1.88. The van der Waals surface area contributed by atoms with E-state index < -0.39 is 5.54 Å². The Balaban J connectivity index is 1.71. The molecule has 2 fully saturated rings. The molecule has 1 unspecified atom stereocenters. The highest BCUT2D eigenvalue weighted by Crippen LogP contribution is 2.33. The fourth-order valence-electron chi connectivity index (χ4n) is 4.22. The molecule has 3 rings (SSSR count). The lowest BCUT2D eigenvalue weighted by Crippen LogP contribution is -2.58. The number of rotatable bonds is 4. The maximum absolute atomic E-state index is 13.2. The summed E-state index contributed by atoms with van der Waals surface area (Å²) in [5.74, 6) is 0.740. The van der Waals surface area contributed by atoms with Gasteiger partial charge in [-0.3, -0.25) is 9.59 Å². The maximum atomic E-state index is 13.2. The fourth-order valence-corrected chi connectivity index (χ4v) is 4.22. The molecule has 1 atom stereocenters. The van der Waals surface area contributed by atoms with Crippen molar-refractivity contribution in [3.63, 3.8) is 0 Å². The summed E-state index contributed by atoms with van der Waals surface area (Å²) in [7, 11) is 1.98. The second-order valence-electron chi connectivity index (χ2n) is 7.49. The smallest absolute Gasteiger partial charge is 0.254 e. The zero-order valence-corrected chi connectivity index (χ0v) is 15.3. The van der Waals surface area contributed by atoms with Crippen molar-refractivity contribution in [2.75, 3.05) is 33.2 Å². The average Bonchev–Trinajstić information content (AvgIpc) is 3.05. The fraction of sp³-hybridized carbons (Fsp3) is 0.600. The predicted octanol–water partition coefficient (Wildman–Crippen LogP) is 2.14. The van der Waals surface area contributed by atoms with E-state index >= 15 is 0 Å². The van der Waals surface area contributed by atoms with Gasteiger partial charge in [-0.25, -0.2) is 0 Å². The van der Waals surface area contributed by atoms with Crippen LogP contribution >= 0.6 is 0 Å². The molecule has 0 bridgehead atoms. The highest BCUT2D eigenvalue weighted by Gasteiger charge is 2.48. The zero-order chi connectivity index (χ0) is 17.9. The Labute approximate surface area is 150 Å². The largest absolute Gasteiger partial charge is 0.341 e. The topological polar surface area (TPSA) is 52.7 Å². The number of benzene rings is 1. The number of hydrogen-bond donors (Lipinski definition) is 1. The SMILES string of the molecule is CNCC1CCN(C(=O)C2(C)CCCN2C(=O)c2ccccc2)CC1. The summed E-state index contributed by atoms with van der Waals surface area (Å²) >= 11 is 0. The van der Waals surface area contributed by atoms with Crippen LogP contribution in [0.1, 0.15) is 43.0 Å². The Kier molecular flexibility index (Phi) is 5.42. The molecule has 0 radical (unpaired) electrons. The van der Waals surface area contributed by atoms with Crippen molar-refractivity contribution >= 4 is 11.8 Å². The van der Waals surface area contributed by atoms with E-state index in [1.165, 1.54) is 0 Å². The van der Waals surface area contributed by atoms with E-state index in [-0.39, 0.29) is 11.8 Å². The molecule has 0 aromatic heterocycles. The van der Waals surface area contributed by atoms with Gasteiger partial charge in [-0.2, -0.15) is 0 Å². The van der Waals surface area contributed by atoms with Crippen LogP contribution in [-0.4, -0.2) is 60.4 Å². The Morgan fingerprint density at radius 2 is 1.84 bits per heavy atom. The Bertz CT molecular complexity index is 611. The first-order valence-corrected chi connectivity index (χ1v) is 9.37. The number of carbonyl (C=O) groups is 2. The monoisotopic (exact) mass is 343 g/mol. The maximum Gasteiger partial charge on any atom is 0.254 e. The molecule has 25 heavy (non-hydrogen) atoms. The van der Waals surface area contributed by atoms with Crippen LogP contribution in [0.4, 0.5) is 0 Å². The molecular formula is C20H29N3O2. The average molecular weight is 343 g/mol. The highest BCUT2D eigenvalue weighted by atomic mass is 16.2. The summed E-state index contributed by atoms with van der Waals surface area (Å²) in [6, 6.07) is 9.30. The first-order valence-electron chi connectivity index (χ1n) is 9.37. The van der Waals surface area contributed by atoms with Crippen LogP contribution < -0.4 is 5.32 Å². The van der Waals surface area contributed by atoms with E-state index in [2.05, 4.69) is 5.32 Å². The third kappa shape index (κ3) is 3.56. The lowest BCUT2D eigenvalue weighted by molar-refractivity contribution is -0.142. The van der Waals surface area contributed by atoms with Gasteiger partial charge in [-0.15, -0.1) is 0 Å². The molecule has 0 saturated carbocycles. The van der Waals surface area contributed by atoms with Crippen LogP contribution in [0.3, 0.4) is 0 Å². The van der Waals surface area contributed by atoms with Crippen LogP contribution in [0.25, 0.3) is 0 Å². The van der Waals surface area contributed by atoms with Gasteiger partial charge < -0.3 is 15.1 Å². The van der Waals surface area contributed by atoms with E-state index in [0.29, 0.717) is 18.0 Å². The number of nitrogens with zero attached hydrogens (tertiary/aromatic N) is 2. The van der Waals surface area contributed by atoms with Crippen molar-refractivity contribution in [2.24, 2.45) is 5.92 Å². The van der Waals surface area contributed by atoms with E-state index in [1.807, 2.05) is 49.2 Å². The van der Waals surface area contributed by atoms with Gasteiger partial charge in [-0.1, -0.05) is 18.2 Å². The molecule has 2 saturated heterocycles. The molecule has 2 aliphatic rings. The molecule has 136 valence electrons. The van der Waals surface area contributed by atoms with Crippen molar-refractivity contribution < 1.29 is 9.59 Å². The molecular weight excluding hydrogens is 314 g/mol. The Morgan fingerprint density at radius 1 is 1.16 bits per heavy atom. The van der Waals surface area contributed by atoms with E-state index in [1.54, 1.807) is 4.90 Å². The second-order valence-corrected chi connectivity index (χ2v) is 7.49. The lowest BCUT2D eigenvalue weighted by Gasteiger charge is -2.41. The standard InChI is InChI=1S/C20H29N3O2/c1-20(19(25)22-13-9-16(10-14-22)15-21-2)11-6-12-23(20)18(24)17-7-4-3-5-8-17/h3-5,7-8,16,21H,6,9-15H2,1-2H3. The van der Waals surface area contributed by atoms with Crippen molar-refractivity contribution in [3.05, 3.63) is 35.9 Å². The van der Waals surface area contributed by atoms with Gasteiger partial charge in [0.25, 0.3) is 5.91 Å². The van der Waals surface area contributed by atoms with Crippen LogP contribution in [0.15, 0.2) is 30.3 Å². The number of amides is 2. The minimum atomic E-state index is -0.706. The lowest BCUT2D eigenvalue weighted by atomic mass is 9.92. The van der Waals surface area contributed by atoms with Gasteiger partial charge in [0.1, 0.15) is 5.54 Å². The van der Waals surface area contributed by atoms with Crippen LogP contribution in [-0.2, 0) is 4.79 Å². The van der Waals surface area contributed by atoms with E-state index in [9.17, 15) is 9.59 Å². The summed E-state index contributed by atoms with van der Waals surface area (Å²) in [6.45, 7) is 5.22. The minimum Gasteiger partial charge on any atom is -0.341 e. The van der Waals surface area contributed by atoms with Crippen LogP contribution in [0, 0.1) is 5.92 Å². The van der Waals surface area contributed by atoms with Crippen molar-refractivity contribution in [1.29, 1.82) is 0 Å². The van der Waals surface area contributed by atoms with Gasteiger partial charge in [0, 0.05) is 25.2 Å². The number of carbonyl (C=O) groups excluding carboxylic acids is 2. The van der Waals surface area contributed by atoms with E-state index in [4.69, 9.17) is 0 Å². The summed E-state index contributed by atoms with van der Waals surface area (Å²) < 4.78 is 0. The van der Waals surface area contributed by atoms with E-state index in [0.717, 1.165) is 45.3 Å². The highest BCUT2D eigenvalue weighted by molar-refractivity contribution is 5.99. The normalized spacial score (nSPS) is 24.6. The molecule has 0 spiro atoms. The molecule has 1 aromatic rings. The third-order valence-corrected chi connectivity index (χ3v) is 5.76. The first-order chi connectivity index (χ1) is 12.1. The van der Waals surface area contributed by atoms with Crippen molar-refractivity contribution in [1.82, 2.24) is 15.1 Å². The third-order valence-electron chi connectivity index (χ3n) is 5.76. The number of piperidine rings is 1. The number of hydrogen-bond acceptors (Lipinski definition) is 3. The molecule has 5 heteroatoms. The molecule has 1 aromatic carbocycles. The van der Waals surface area contributed by atoms with Gasteiger partial charge in [-0.05, 0) is 64.3 Å². The summed E-state index contributed by atoms with van der Waals surface area (Å²) in [5, 5.41) is 3.23. The van der Waals surface area contributed by atoms with Gasteiger partial charge in [0.2, 0.25) is 5.91 Å². The summed E-state index contributed by atoms with van der Waals surface area (Å²) in [4.78, 5) is 30.0. The zero-order valence-electron chi connectivity index (χ0n) is 15.3. The van der Waals surface area contributed by atoms with Crippen LogP contribution in [0.5, 0.6) is 0 Å². The van der Waals surface area contributed by atoms with Crippen molar-refractivity contribution in [3.8, 4) is 0 Å². The predicted molar refractivity (Wildman–Crippen MR) is 98.3 cm³/mol. The number of likely N-dealkylation sites (tertiary alicyclic amines) is 2. The molecule has 0 aliphatic carbocycles. The minimum absolute atomic E-state index is 0.0287. The van der Waals surface area contributed by atoms with Crippen molar-refractivity contribution in [2.45, 2.75) is 38.1 Å². The Morgan fingerprint density at radius 3 is 2.48 bits per heavy atom. The molecule has 2 amide bonds. The molecule has 1 N–H and O–H groups in total. The van der Waals surface area contributed by atoms with Gasteiger partial charge in [0.05, 0.1) is 0 Å². The molecule has 2 aliphatic heterocycles. The summed E-state index contributed by atoms with van der Waals surface area (Å²) in [5.41, 5.74) is -0.0425. The summed E-state index contributed by atoms with van der Waals surface area (Å²) in [6.07, 6.45) is 3.71. The second kappa shape index (κ2) is 7.56.